The van der Waals surface area contributed by atoms with Crippen molar-refractivity contribution in [3.8, 4) is 0 Å². The van der Waals surface area contributed by atoms with Crippen LogP contribution in [0.5, 0.6) is 0 Å². The summed E-state index contributed by atoms with van der Waals surface area (Å²) in [5.41, 5.74) is 6.07. The van der Waals surface area contributed by atoms with E-state index in [0.717, 1.165) is 21.1 Å². The Morgan fingerprint density at radius 2 is 2.29 bits per heavy atom. The Bertz CT molecular complexity index is 376. The largest absolute Gasteiger partial charge is 0.398 e. The number of rotatable bonds is 5. The van der Waals surface area contributed by atoms with Gasteiger partial charge in [0.1, 0.15) is 0 Å². The molecular weight excluding hydrogens is 250 g/mol. The molecule has 0 atom stereocenters. The van der Waals surface area contributed by atoms with Crippen molar-refractivity contribution in [2.75, 3.05) is 25.4 Å². The van der Waals surface area contributed by atoms with Crippen LogP contribution < -0.4 is 5.73 Å². The first kappa shape index (κ1) is 13.9. The van der Waals surface area contributed by atoms with Crippen LogP contribution in [0.25, 0.3) is 0 Å². The van der Waals surface area contributed by atoms with Gasteiger partial charge >= 0.3 is 0 Å². The van der Waals surface area contributed by atoms with Crippen LogP contribution in [-0.2, 0) is 0 Å². The number of aliphatic hydroxyl groups is 1. The molecule has 96 valence electrons. The molecule has 0 aliphatic heterocycles. The first-order chi connectivity index (χ1) is 7.95. The maximum atomic E-state index is 12.3. The smallest absolute Gasteiger partial charge is 0.264 e. The van der Waals surface area contributed by atoms with Gasteiger partial charge in [-0.15, -0.1) is 11.3 Å². The normalized spacial score (nSPS) is 10.9. The lowest BCUT2D eigenvalue weighted by molar-refractivity contribution is 0.0513. The first-order valence-corrected chi connectivity index (χ1v) is 5.81. The summed E-state index contributed by atoms with van der Waals surface area (Å²) in [7, 11) is 0. The molecule has 1 heterocycles. The Hall–Kier alpha value is -1.21. The Morgan fingerprint density at radius 3 is 2.71 bits per heavy atom. The zero-order valence-electron chi connectivity index (χ0n) is 9.32. The molecule has 1 rings (SSSR count). The van der Waals surface area contributed by atoms with E-state index in [4.69, 9.17) is 10.8 Å². The van der Waals surface area contributed by atoms with E-state index in [1.54, 1.807) is 6.92 Å². The van der Waals surface area contributed by atoms with Crippen molar-refractivity contribution in [3.63, 3.8) is 0 Å². The summed E-state index contributed by atoms with van der Waals surface area (Å²) < 4.78 is 24.5. The summed E-state index contributed by atoms with van der Waals surface area (Å²) in [4.78, 5) is 13.9. The van der Waals surface area contributed by atoms with Crippen molar-refractivity contribution in [1.29, 1.82) is 0 Å². The molecule has 1 aromatic heterocycles. The van der Waals surface area contributed by atoms with Gasteiger partial charge in [-0.3, -0.25) is 4.79 Å². The number of halogens is 2. The minimum absolute atomic E-state index is 0.111. The molecular formula is C10H14F2N2O2S. The number of anilines is 1. The van der Waals surface area contributed by atoms with Gasteiger partial charge in [0.15, 0.2) is 0 Å². The van der Waals surface area contributed by atoms with Crippen molar-refractivity contribution >= 4 is 22.9 Å². The number of carbonyl (C=O) groups excluding carboxylic acids is 1. The van der Waals surface area contributed by atoms with Crippen LogP contribution >= 0.6 is 11.3 Å². The highest BCUT2D eigenvalue weighted by atomic mass is 32.1. The molecule has 0 saturated heterocycles. The summed E-state index contributed by atoms with van der Waals surface area (Å²) in [5, 5.41) is 8.75. The van der Waals surface area contributed by atoms with Crippen LogP contribution in [0.1, 0.15) is 14.5 Å². The van der Waals surface area contributed by atoms with Crippen LogP contribution in [-0.4, -0.2) is 42.0 Å². The fraction of sp³-hybridized carbons (Fsp3) is 0.500. The molecule has 17 heavy (non-hydrogen) atoms. The second-order valence-corrected chi connectivity index (χ2v) is 4.74. The molecule has 0 unspecified atom stereocenters. The van der Waals surface area contributed by atoms with E-state index in [2.05, 4.69) is 0 Å². The van der Waals surface area contributed by atoms with E-state index >= 15 is 0 Å². The average molecular weight is 264 g/mol. The zero-order valence-corrected chi connectivity index (χ0v) is 10.1. The Labute approximate surface area is 102 Å². The molecule has 0 radical (unpaired) electrons. The molecule has 3 N–H and O–H groups in total. The molecule has 7 heteroatoms. The number of thiophene rings is 1. The zero-order chi connectivity index (χ0) is 13.0. The number of nitrogens with zero attached hydrogens (tertiary/aromatic N) is 1. The van der Waals surface area contributed by atoms with E-state index in [1.807, 2.05) is 0 Å². The standard InChI is InChI=1S/C10H14F2N2O2S/c1-6-7(13)4-8(17-6)10(16)14(2-3-15)5-9(11)12/h4,9,15H,2-3,5,13H2,1H3. The summed E-state index contributed by atoms with van der Waals surface area (Å²) in [6.45, 7) is 0.606. The fourth-order valence-electron chi connectivity index (χ4n) is 1.32. The number of carbonyl (C=O) groups is 1. The fourth-order valence-corrected chi connectivity index (χ4v) is 2.23. The summed E-state index contributed by atoms with van der Waals surface area (Å²) >= 11 is 1.16. The highest BCUT2D eigenvalue weighted by Gasteiger charge is 2.21. The topological polar surface area (TPSA) is 66.6 Å². The van der Waals surface area contributed by atoms with Gasteiger partial charge in [-0.25, -0.2) is 8.78 Å². The molecule has 0 saturated carbocycles. The highest BCUT2D eigenvalue weighted by molar-refractivity contribution is 7.14. The lowest BCUT2D eigenvalue weighted by Gasteiger charge is -2.20. The maximum Gasteiger partial charge on any atom is 0.264 e. The first-order valence-electron chi connectivity index (χ1n) is 5.00. The van der Waals surface area contributed by atoms with E-state index in [9.17, 15) is 13.6 Å². The van der Waals surface area contributed by atoms with E-state index in [0.29, 0.717) is 10.6 Å². The Morgan fingerprint density at radius 1 is 1.65 bits per heavy atom. The molecule has 0 aromatic carbocycles. The van der Waals surface area contributed by atoms with Gasteiger partial charge in [-0.2, -0.15) is 0 Å². The number of nitrogens with two attached hydrogens (primary N) is 1. The van der Waals surface area contributed by atoms with E-state index in [-0.39, 0.29) is 13.2 Å². The molecule has 4 nitrogen and oxygen atoms in total. The second kappa shape index (κ2) is 5.92. The van der Waals surface area contributed by atoms with Gasteiger partial charge < -0.3 is 15.7 Å². The lowest BCUT2D eigenvalue weighted by atomic mass is 10.3. The lowest BCUT2D eigenvalue weighted by Crippen LogP contribution is -2.36. The number of hydrogen-bond donors (Lipinski definition) is 2. The SMILES string of the molecule is Cc1sc(C(=O)N(CCO)CC(F)F)cc1N. The van der Waals surface area contributed by atoms with Crippen LogP contribution in [0.2, 0.25) is 0 Å². The third-order valence-electron chi connectivity index (χ3n) is 2.18. The molecule has 0 fully saturated rings. The van der Waals surface area contributed by atoms with Gasteiger partial charge in [0.2, 0.25) is 0 Å². The molecule has 1 aromatic rings. The highest BCUT2D eigenvalue weighted by Crippen LogP contribution is 2.24. The van der Waals surface area contributed by atoms with Crippen molar-refractivity contribution in [2.24, 2.45) is 0 Å². The predicted molar refractivity (Wildman–Crippen MR) is 62.5 cm³/mol. The van der Waals surface area contributed by atoms with Gasteiger partial charge in [0.25, 0.3) is 12.3 Å². The summed E-state index contributed by atoms with van der Waals surface area (Å²) in [6, 6.07) is 1.47. The summed E-state index contributed by atoms with van der Waals surface area (Å²) in [5.74, 6) is -0.524. The Balaban J connectivity index is 2.83. The molecule has 0 spiro atoms. The third-order valence-corrected chi connectivity index (χ3v) is 3.24. The number of amides is 1. The van der Waals surface area contributed by atoms with Crippen molar-refractivity contribution in [1.82, 2.24) is 4.90 Å². The number of hydrogen-bond acceptors (Lipinski definition) is 4. The summed E-state index contributed by atoms with van der Waals surface area (Å²) in [6.07, 6.45) is -2.62. The van der Waals surface area contributed by atoms with Gasteiger partial charge in [0.05, 0.1) is 18.0 Å². The van der Waals surface area contributed by atoms with Crippen LogP contribution in [0.15, 0.2) is 6.07 Å². The van der Waals surface area contributed by atoms with Gasteiger partial charge in [-0.05, 0) is 13.0 Å². The maximum absolute atomic E-state index is 12.3. The van der Waals surface area contributed by atoms with Gasteiger partial charge in [0, 0.05) is 17.1 Å². The number of aliphatic hydroxyl groups excluding tert-OH is 1. The quantitative estimate of drug-likeness (QED) is 0.843. The average Bonchev–Trinajstić information content (AvgIpc) is 2.57. The van der Waals surface area contributed by atoms with Crippen LogP contribution in [0.3, 0.4) is 0 Å². The number of nitrogen functional groups attached to an aromatic ring is 1. The van der Waals surface area contributed by atoms with E-state index in [1.165, 1.54) is 6.07 Å². The number of aryl methyl sites for hydroxylation is 1. The third kappa shape index (κ3) is 3.64. The van der Waals surface area contributed by atoms with Gasteiger partial charge in [-0.1, -0.05) is 0 Å². The monoisotopic (exact) mass is 264 g/mol. The van der Waals surface area contributed by atoms with Crippen molar-refractivity contribution < 1.29 is 18.7 Å². The Kier molecular flexibility index (Phi) is 4.83. The van der Waals surface area contributed by atoms with Crippen molar-refractivity contribution in [2.45, 2.75) is 13.3 Å². The molecule has 1 amide bonds. The minimum Gasteiger partial charge on any atom is -0.398 e. The molecule has 0 aliphatic rings. The second-order valence-electron chi connectivity index (χ2n) is 3.49. The minimum atomic E-state index is -2.62. The molecule has 0 bridgehead atoms. The van der Waals surface area contributed by atoms with Crippen LogP contribution in [0.4, 0.5) is 14.5 Å². The van der Waals surface area contributed by atoms with Crippen molar-refractivity contribution in [3.05, 3.63) is 15.8 Å². The molecule has 0 aliphatic carbocycles. The van der Waals surface area contributed by atoms with E-state index < -0.39 is 18.9 Å². The van der Waals surface area contributed by atoms with Crippen LogP contribution in [0, 0.1) is 6.92 Å². The number of alkyl halides is 2. The predicted octanol–water partition coefficient (Wildman–Crippen LogP) is 1.34.